The van der Waals surface area contributed by atoms with E-state index in [0.29, 0.717) is 30.2 Å². The van der Waals surface area contributed by atoms with E-state index in [1.807, 2.05) is 63.2 Å². The Balaban J connectivity index is 2.13. The van der Waals surface area contributed by atoms with Crippen LogP contribution in [0.1, 0.15) is 30.0 Å². The molecule has 2 aromatic rings. The Kier molecular flexibility index (Phi) is 8.52. The molecule has 2 rings (SSSR count). The number of nitrogens with zero attached hydrogens (tertiary/aromatic N) is 1. The zero-order chi connectivity index (χ0) is 21.4. The van der Waals surface area contributed by atoms with E-state index >= 15 is 0 Å². The lowest BCUT2D eigenvalue weighted by molar-refractivity contribution is -0.142. The number of carbonyl (C=O) groups is 2. The third-order valence-corrected chi connectivity index (χ3v) is 5.48. The van der Waals surface area contributed by atoms with Crippen molar-refractivity contribution < 1.29 is 14.3 Å². The number of benzene rings is 2. The van der Waals surface area contributed by atoms with Gasteiger partial charge in [-0.3, -0.25) is 9.59 Å². The zero-order valence-electron chi connectivity index (χ0n) is 17.5. The lowest BCUT2D eigenvalue weighted by Gasteiger charge is -2.30. The summed E-state index contributed by atoms with van der Waals surface area (Å²) < 4.78 is 5.74. The van der Waals surface area contributed by atoms with Crippen molar-refractivity contribution >= 4 is 23.4 Å². The van der Waals surface area contributed by atoms with E-state index in [1.54, 1.807) is 11.9 Å². The van der Waals surface area contributed by atoms with E-state index < -0.39 is 6.04 Å². The first-order valence-corrected chi connectivity index (χ1v) is 10.2. The number of aryl methyl sites for hydroxylation is 2. The normalized spacial score (nSPS) is 11.6. The van der Waals surface area contributed by atoms with Crippen LogP contribution in [0.3, 0.4) is 0 Å². The number of likely N-dealkylation sites (N-methyl/N-ethyl adjacent to an activating group) is 1. The predicted molar refractivity (Wildman–Crippen MR) is 116 cm³/mol. The Labute approximate surface area is 178 Å². The van der Waals surface area contributed by atoms with Gasteiger partial charge in [-0.2, -0.15) is 0 Å². The second-order valence-electron chi connectivity index (χ2n) is 7.02. The lowest BCUT2D eigenvalue weighted by atomic mass is 10.1. The van der Waals surface area contributed by atoms with Crippen LogP contribution in [0.5, 0.6) is 5.75 Å². The average Bonchev–Trinajstić information content (AvgIpc) is 2.73. The summed E-state index contributed by atoms with van der Waals surface area (Å²) in [4.78, 5) is 26.9. The maximum absolute atomic E-state index is 13.0. The highest BCUT2D eigenvalue weighted by Gasteiger charge is 2.27. The maximum Gasteiger partial charge on any atom is 0.261 e. The molecule has 0 saturated carbocycles. The van der Waals surface area contributed by atoms with E-state index in [2.05, 4.69) is 5.32 Å². The summed E-state index contributed by atoms with van der Waals surface area (Å²) in [5, 5.41) is 3.35. The summed E-state index contributed by atoms with van der Waals surface area (Å²) in [6.07, 6.45) is 1.19. The van der Waals surface area contributed by atoms with Crippen LogP contribution >= 0.6 is 11.6 Å². The average molecular weight is 417 g/mol. The van der Waals surface area contributed by atoms with Crippen molar-refractivity contribution in [2.75, 3.05) is 20.2 Å². The molecule has 1 atom stereocenters. The maximum atomic E-state index is 13.0. The fourth-order valence-corrected chi connectivity index (χ4v) is 3.39. The van der Waals surface area contributed by atoms with Crippen LogP contribution in [0.25, 0.3) is 0 Å². The summed E-state index contributed by atoms with van der Waals surface area (Å²) in [5.74, 6) is 0.197. The second kappa shape index (κ2) is 10.9. The number of rotatable bonds is 9. The first kappa shape index (κ1) is 22.8. The fraction of sp³-hybridized carbons (Fsp3) is 0.391. The molecule has 0 aromatic heterocycles. The molecular weight excluding hydrogens is 388 g/mol. The smallest absolute Gasteiger partial charge is 0.261 e. The van der Waals surface area contributed by atoms with Gasteiger partial charge in [0.25, 0.3) is 5.91 Å². The van der Waals surface area contributed by atoms with Crippen molar-refractivity contribution in [3.8, 4) is 5.75 Å². The lowest BCUT2D eigenvalue weighted by Crippen LogP contribution is -2.50. The van der Waals surface area contributed by atoms with Crippen LogP contribution in [0.4, 0.5) is 0 Å². The van der Waals surface area contributed by atoms with Gasteiger partial charge in [0.1, 0.15) is 11.8 Å². The number of hydrogen-bond donors (Lipinski definition) is 1. The molecule has 2 aromatic carbocycles. The third-order valence-electron chi connectivity index (χ3n) is 4.89. The van der Waals surface area contributed by atoms with E-state index in [0.717, 1.165) is 16.7 Å². The Morgan fingerprint density at radius 2 is 1.76 bits per heavy atom. The number of ether oxygens (including phenoxy) is 1. The van der Waals surface area contributed by atoms with Crippen molar-refractivity contribution in [3.63, 3.8) is 0 Å². The van der Waals surface area contributed by atoms with Gasteiger partial charge in [-0.1, -0.05) is 48.9 Å². The van der Waals surface area contributed by atoms with Crippen LogP contribution in [-0.4, -0.2) is 43.0 Å². The molecule has 2 amide bonds. The van der Waals surface area contributed by atoms with Crippen molar-refractivity contribution in [2.45, 2.75) is 39.7 Å². The molecule has 0 saturated heterocycles. The van der Waals surface area contributed by atoms with Gasteiger partial charge in [-0.05, 0) is 55.5 Å². The van der Waals surface area contributed by atoms with Crippen LogP contribution in [-0.2, 0) is 16.0 Å². The fourth-order valence-electron chi connectivity index (χ4n) is 3.28. The molecule has 5 nitrogen and oxygen atoms in total. The summed E-state index contributed by atoms with van der Waals surface area (Å²) in [6.45, 7) is 6.00. The first-order valence-electron chi connectivity index (χ1n) is 9.81. The molecule has 0 heterocycles. The number of halogens is 1. The highest BCUT2D eigenvalue weighted by molar-refractivity contribution is 6.32. The van der Waals surface area contributed by atoms with Gasteiger partial charge < -0.3 is 15.0 Å². The summed E-state index contributed by atoms with van der Waals surface area (Å²) in [7, 11) is 1.58. The molecule has 0 aliphatic rings. The second-order valence-corrected chi connectivity index (χ2v) is 7.40. The molecule has 6 heteroatoms. The summed E-state index contributed by atoms with van der Waals surface area (Å²) in [6, 6.07) is 13.0. The Hall–Kier alpha value is -2.53. The molecule has 0 radical (unpaired) electrons. The molecule has 0 aliphatic heterocycles. The van der Waals surface area contributed by atoms with Gasteiger partial charge in [0.05, 0.1) is 0 Å². The summed E-state index contributed by atoms with van der Waals surface area (Å²) in [5.41, 5.74) is 2.90. The minimum absolute atomic E-state index is 0.136. The first-order chi connectivity index (χ1) is 13.9. The zero-order valence-corrected chi connectivity index (χ0v) is 18.3. The minimum atomic E-state index is -0.534. The number of hydrogen-bond acceptors (Lipinski definition) is 3. The van der Waals surface area contributed by atoms with Gasteiger partial charge in [0.15, 0.2) is 6.61 Å². The molecule has 0 fully saturated rings. The van der Waals surface area contributed by atoms with Gasteiger partial charge >= 0.3 is 0 Å². The monoisotopic (exact) mass is 416 g/mol. The quantitative estimate of drug-likeness (QED) is 0.673. The van der Waals surface area contributed by atoms with Crippen LogP contribution < -0.4 is 10.1 Å². The Morgan fingerprint density at radius 1 is 1.14 bits per heavy atom. The highest BCUT2D eigenvalue weighted by atomic mass is 35.5. The molecule has 0 bridgehead atoms. The largest absolute Gasteiger partial charge is 0.484 e. The summed E-state index contributed by atoms with van der Waals surface area (Å²) >= 11 is 6.20. The van der Waals surface area contributed by atoms with Crippen molar-refractivity contribution in [1.29, 1.82) is 0 Å². The van der Waals surface area contributed by atoms with Gasteiger partial charge in [-0.25, -0.2) is 0 Å². The molecule has 0 spiro atoms. The Morgan fingerprint density at radius 3 is 2.31 bits per heavy atom. The van der Waals surface area contributed by atoms with Crippen molar-refractivity contribution in [2.24, 2.45) is 0 Å². The van der Waals surface area contributed by atoms with Gasteiger partial charge in [0, 0.05) is 18.6 Å². The Bertz CT molecular complexity index is 816. The predicted octanol–water partition coefficient (Wildman–Crippen LogP) is 3.93. The molecular formula is C23H29ClN2O3. The van der Waals surface area contributed by atoms with E-state index in [1.165, 1.54) is 0 Å². The standard InChI is InChI=1S/C23H29ClN2O3/c1-5-20(23(28)25-4)26(12-11-18-9-7-6-8-10-18)21(27)15-29-19-13-16(2)22(24)17(3)14-19/h6-10,13-14,20H,5,11-12,15H2,1-4H3,(H,25,28)/t20-/m0/s1. The van der Waals surface area contributed by atoms with E-state index in [9.17, 15) is 9.59 Å². The van der Waals surface area contributed by atoms with Gasteiger partial charge in [0.2, 0.25) is 5.91 Å². The van der Waals surface area contributed by atoms with E-state index in [-0.39, 0.29) is 18.4 Å². The molecule has 0 unspecified atom stereocenters. The SMILES string of the molecule is CC[C@@H](C(=O)NC)N(CCc1ccccc1)C(=O)COc1cc(C)c(Cl)c(C)c1. The number of nitrogens with one attached hydrogen (secondary N) is 1. The van der Waals surface area contributed by atoms with Crippen LogP contribution in [0, 0.1) is 13.8 Å². The third kappa shape index (κ3) is 6.23. The van der Waals surface area contributed by atoms with Gasteiger partial charge in [-0.15, -0.1) is 0 Å². The van der Waals surface area contributed by atoms with Crippen molar-refractivity contribution in [1.82, 2.24) is 10.2 Å². The topological polar surface area (TPSA) is 58.6 Å². The minimum Gasteiger partial charge on any atom is -0.484 e. The van der Waals surface area contributed by atoms with Crippen LogP contribution in [0.15, 0.2) is 42.5 Å². The van der Waals surface area contributed by atoms with E-state index in [4.69, 9.17) is 16.3 Å². The molecule has 0 aliphatic carbocycles. The highest BCUT2D eigenvalue weighted by Crippen LogP contribution is 2.26. The molecule has 156 valence electrons. The molecule has 1 N–H and O–H groups in total. The van der Waals surface area contributed by atoms with Crippen LogP contribution in [0.2, 0.25) is 5.02 Å². The molecule has 29 heavy (non-hydrogen) atoms. The number of carbonyl (C=O) groups excluding carboxylic acids is 2. The van der Waals surface area contributed by atoms with Crippen molar-refractivity contribution in [3.05, 3.63) is 64.2 Å². The number of amides is 2.